The highest BCUT2D eigenvalue weighted by Crippen LogP contribution is 2.49. The zero-order chi connectivity index (χ0) is 13.9. The Bertz CT molecular complexity index is 298. The third-order valence-electron chi connectivity index (χ3n) is 2.27. The maximum Gasteiger partial charge on any atom is 0.123 e. The maximum atomic E-state index is 9.98. The first-order valence-electron chi connectivity index (χ1n) is 5.46. The van der Waals surface area contributed by atoms with Gasteiger partial charge in [-0.1, -0.05) is 26.5 Å². The van der Waals surface area contributed by atoms with Crippen LogP contribution in [0, 0.1) is 22.7 Å². The van der Waals surface area contributed by atoms with Gasteiger partial charge in [-0.3, -0.25) is 0 Å². The average Bonchev–Trinajstić information content (AvgIpc) is 2.89. The number of aldehydes is 1. The first-order valence-corrected chi connectivity index (χ1v) is 5.46. The third kappa shape index (κ3) is 10.9. The van der Waals surface area contributed by atoms with Gasteiger partial charge in [0.15, 0.2) is 0 Å². The number of hydrogen-bond acceptors (Lipinski definition) is 3. The second-order valence-electron chi connectivity index (χ2n) is 4.48. The largest absolute Gasteiger partial charge is 0.388 e. The van der Waals surface area contributed by atoms with Crippen molar-refractivity contribution in [2.24, 2.45) is 11.3 Å². The van der Waals surface area contributed by atoms with Crippen molar-refractivity contribution in [3.8, 4) is 6.07 Å². The molecule has 1 aliphatic rings. The van der Waals surface area contributed by atoms with Crippen LogP contribution < -0.4 is 0 Å². The average molecular weight is 237 g/mol. The lowest BCUT2D eigenvalue weighted by Crippen LogP contribution is -1.88. The second kappa shape index (κ2) is 9.80. The number of nitrogens with zero attached hydrogens (tertiary/aromatic N) is 1. The number of carbonyl (C=O) groups excluding carboxylic acids is 1. The van der Waals surface area contributed by atoms with E-state index in [0.29, 0.717) is 16.9 Å². The number of carbonyl (C=O) groups is 1. The maximum absolute atomic E-state index is 9.98. The van der Waals surface area contributed by atoms with Gasteiger partial charge in [0.05, 0.1) is 6.07 Å². The molecule has 3 nitrogen and oxygen atoms in total. The SMILES string of the molecule is C=C(C#N)/C=C/C.CC1(C)CC1C=O.COC. The number of allylic oxidation sites excluding steroid dienone is 3. The molecule has 1 unspecified atom stereocenters. The highest BCUT2D eigenvalue weighted by molar-refractivity contribution is 5.59. The normalized spacial score (nSPS) is 18.9. The van der Waals surface area contributed by atoms with E-state index >= 15 is 0 Å². The molecule has 0 aromatic rings. The molecule has 0 aromatic carbocycles. The van der Waals surface area contributed by atoms with Crippen molar-refractivity contribution in [2.45, 2.75) is 27.2 Å². The zero-order valence-electron chi connectivity index (χ0n) is 11.5. The summed E-state index contributed by atoms with van der Waals surface area (Å²) in [6, 6.07) is 1.88. The molecule has 0 amide bonds. The predicted molar refractivity (Wildman–Crippen MR) is 70.5 cm³/mol. The van der Waals surface area contributed by atoms with E-state index in [4.69, 9.17) is 5.26 Å². The van der Waals surface area contributed by atoms with Crippen molar-refractivity contribution < 1.29 is 9.53 Å². The van der Waals surface area contributed by atoms with Crippen molar-refractivity contribution >= 4 is 6.29 Å². The molecule has 0 bridgehead atoms. The van der Waals surface area contributed by atoms with Crippen LogP contribution in [-0.4, -0.2) is 20.5 Å². The number of methoxy groups -OCH3 is 1. The lowest BCUT2D eigenvalue weighted by Gasteiger charge is -1.91. The summed E-state index contributed by atoms with van der Waals surface area (Å²) < 4.78 is 4.25. The highest BCUT2D eigenvalue weighted by atomic mass is 16.4. The summed E-state index contributed by atoms with van der Waals surface area (Å²) in [5, 5.41) is 8.07. The minimum Gasteiger partial charge on any atom is -0.388 e. The van der Waals surface area contributed by atoms with Crippen LogP contribution in [0.15, 0.2) is 24.3 Å². The Hall–Kier alpha value is -1.40. The Balaban J connectivity index is 0. The van der Waals surface area contributed by atoms with Gasteiger partial charge < -0.3 is 9.53 Å². The molecule has 1 saturated carbocycles. The van der Waals surface area contributed by atoms with Crippen molar-refractivity contribution in [3.63, 3.8) is 0 Å². The Morgan fingerprint density at radius 2 is 1.94 bits per heavy atom. The molecule has 1 atom stereocenters. The summed E-state index contributed by atoms with van der Waals surface area (Å²) in [4.78, 5) is 9.98. The van der Waals surface area contributed by atoms with Gasteiger partial charge in [0.25, 0.3) is 0 Å². The van der Waals surface area contributed by atoms with Crippen molar-refractivity contribution in [3.05, 3.63) is 24.3 Å². The molecule has 0 saturated heterocycles. The molecule has 0 N–H and O–H groups in total. The van der Waals surface area contributed by atoms with Gasteiger partial charge in [0.1, 0.15) is 6.29 Å². The van der Waals surface area contributed by atoms with Crippen molar-refractivity contribution in [1.82, 2.24) is 0 Å². The summed E-state index contributed by atoms with van der Waals surface area (Å²) in [6.07, 6.45) is 5.60. The van der Waals surface area contributed by atoms with E-state index in [0.717, 1.165) is 12.7 Å². The molecule has 1 fully saturated rings. The van der Waals surface area contributed by atoms with E-state index < -0.39 is 0 Å². The summed E-state index contributed by atoms with van der Waals surface area (Å²) in [7, 11) is 3.25. The minimum atomic E-state index is 0.349. The van der Waals surface area contributed by atoms with E-state index in [9.17, 15) is 4.79 Å². The molecule has 3 heteroatoms. The Morgan fingerprint density at radius 1 is 1.53 bits per heavy atom. The van der Waals surface area contributed by atoms with Crippen molar-refractivity contribution in [2.75, 3.05) is 14.2 Å². The molecule has 96 valence electrons. The highest BCUT2D eigenvalue weighted by Gasteiger charge is 2.45. The molecule has 0 heterocycles. The van der Waals surface area contributed by atoms with E-state index in [1.165, 1.54) is 0 Å². The van der Waals surface area contributed by atoms with Crippen LogP contribution in [0.4, 0.5) is 0 Å². The zero-order valence-corrected chi connectivity index (χ0v) is 11.5. The van der Waals surface area contributed by atoms with Crippen LogP contribution in [0.2, 0.25) is 0 Å². The fourth-order valence-corrected chi connectivity index (χ4v) is 0.979. The monoisotopic (exact) mass is 237 g/mol. The van der Waals surface area contributed by atoms with E-state index in [1.807, 2.05) is 13.0 Å². The molecular weight excluding hydrogens is 214 g/mol. The van der Waals surface area contributed by atoms with Crippen LogP contribution in [0.1, 0.15) is 27.2 Å². The lowest BCUT2D eigenvalue weighted by atomic mass is 10.1. The van der Waals surface area contributed by atoms with Crippen LogP contribution in [0.3, 0.4) is 0 Å². The van der Waals surface area contributed by atoms with Gasteiger partial charge >= 0.3 is 0 Å². The number of rotatable bonds is 2. The van der Waals surface area contributed by atoms with Crippen molar-refractivity contribution in [1.29, 1.82) is 5.26 Å². The molecule has 1 rings (SSSR count). The van der Waals surface area contributed by atoms with Gasteiger partial charge in [-0.05, 0) is 24.8 Å². The van der Waals surface area contributed by atoms with Crippen LogP contribution >= 0.6 is 0 Å². The standard InChI is InChI=1S/C6H7N.C6H10O.C2H6O/c1-3-4-6(2)5-7;1-6(2)3-5(6)4-7;1-3-2/h3-4H,2H2,1H3;4-5H,3H2,1-2H3;1-2H3/b4-3+;;. The number of ether oxygens (including phenoxy) is 1. The molecule has 0 radical (unpaired) electrons. The van der Waals surface area contributed by atoms with Gasteiger partial charge in [-0.15, -0.1) is 0 Å². The molecule has 0 aliphatic heterocycles. The molecule has 0 spiro atoms. The summed E-state index contributed by atoms with van der Waals surface area (Å²) in [5.41, 5.74) is 0.851. The van der Waals surface area contributed by atoms with Crippen LogP contribution in [0.5, 0.6) is 0 Å². The Kier molecular flexibility index (Phi) is 10.4. The second-order valence-corrected chi connectivity index (χ2v) is 4.48. The van der Waals surface area contributed by atoms with E-state index in [2.05, 4.69) is 25.2 Å². The topological polar surface area (TPSA) is 50.1 Å². The quantitative estimate of drug-likeness (QED) is 0.421. The first kappa shape index (κ1) is 18.0. The molecular formula is C14H23NO2. The van der Waals surface area contributed by atoms with Gasteiger partial charge in [-0.2, -0.15) is 5.26 Å². The molecule has 1 aliphatic carbocycles. The Labute approximate surface area is 105 Å². The van der Waals surface area contributed by atoms with E-state index in [-0.39, 0.29) is 0 Å². The van der Waals surface area contributed by atoms with E-state index in [1.54, 1.807) is 26.4 Å². The number of nitriles is 1. The smallest absolute Gasteiger partial charge is 0.123 e. The third-order valence-corrected chi connectivity index (χ3v) is 2.27. The van der Waals surface area contributed by atoms with Crippen LogP contribution in [-0.2, 0) is 9.53 Å². The molecule has 17 heavy (non-hydrogen) atoms. The van der Waals surface area contributed by atoms with Gasteiger partial charge in [0, 0.05) is 25.7 Å². The molecule has 0 aromatic heterocycles. The fraction of sp³-hybridized carbons (Fsp3) is 0.571. The van der Waals surface area contributed by atoms with Gasteiger partial charge in [-0.25, -0.2) is 0 Å². The van der Waals surface area contributed by atoms with Crippen LogP contribution in [0.25, 0.3) is 0 Å². The van der Waals surface area contributed by atoms with Gasteiger partial charge in [0.2, 0.25) is 0 Å². The first-order chi connectivity index (χ1) is 7.89. The minimum absolute atomic E-state index is 0.349. The Morgan fingerprint density at radius 3 is 2.00 bits per heavy atom. The summed E-state index contributed by atoms with van der Waals surface area (Å²) in [5.74, 6) is 0.368. The lowest BCUT2D eigenvalue weighted by molar-refractivity contribution is -0.109. The summed E-state index contributed by atoms with van der Waals surface area (Å²) >= 11 is 0. The fourth-order valence-electron chi connectivity index (χ4n) is 0.979. The summed E-state index contributed by atoms with van der Waals surface area (Å²) in [6.45, 7) is 9.50. The predicted octanol–water partition coefficient (Wildman–Crippen LogP) is 3.14. The number of hydrogen-bond donors (Lipinski definition) is 0.